The monoisotopic (exact) mass is 353 g/mol. The van der Waals surface area contributed by atoms with E-state index >= 15 is 0 Å². The SMILES string of the molecule is CCCNC(c1ccccc1C)c1c(F)ccc(Br)c1F. The highest BCUT2D eigenvalue weighted by Crippen LogP contribution is 2.32. The molecule has 0 heterocycles. The van der Waals surface area contributed by atoms with Crippen molar-refractivity contribution in [3.63, 3.8) is 0 Å². The Hall–Kier alpha value is -1.26. The lowest BCUT2D eigenvalue weighted by Crippen LogP contribution is -2.26. The smallest absolute Gasteiger partial charge is 0.145 e. The zero-order valence-corrected chi connectivity index (χ0v) is 13.7. The van der Waals surface area contributed by atoms with E-state index in [0.29, 0.717) is 6.54 Å². The first-order chi connectivity index (χ1) is 10.1. The van der Waals surface area contributed by atoms with Crippen molar-refractivity contribution in [2.75, 3.05) is 6.54 Å². The van der Waals surface area contributed by atoms with Gasteiger partial charge in [-0.1, -0.05) is 31.2 Å². The van der Waals surface area contributed by atoms with E-state index in [1.54, 1.807) is 0 Å². The molecule has 1 N–H and O–H groups in total. The molecular formula is C17H18BrF2N. The van der Waals surface area contributed by atoms with Crippen LogP contribution in [0.25, 0.3) is 0 Å². The molecule has 2 aromatic rings. The summed E-state index contributed by atoms with van der Waals surface area (Å²) in [6.07, 6.45) is 0.889. The molecule has 0 saturated carbocycles. The topological polar surface area (TPSA) is 12.0 Å². The van der Waals surface area contributed by atoms with Crippen LogP contribution in [0.3, 0.4) is 0 Å². The number of hydrogen-bond donors (Lipinski definition) is 1. The number of halogens is 3. The molecule has 0 radical (unpaired) electrons. The van der Waals surface area contributed by atoms with Gasteiger partial charge in [-0.05, 0) is 59.1 Å². The Bertz CT molecular complexity index is 628. The standard InChI is InChI=1S/C17H18BrF2N/c1-3-10-21-17(12-7-5-4-6-11(12)2)15-14(19)9-8-13(18)16(15)20/h4-9,17,21H,3,10H2,1-2H3. The molecule has 2 rings (SSSR count). The van der Waals surface area contributed by atoms with Crippen molar-refractivity contribution in [1.29, 1.82) is 0 Å². The average molecular weight is 354 g/mol. The van der Waals surface area contributed by atoms with E-state index < -0.39 is 17.7 Å². The summed E-state index contributed by atoms with van der Waals surface area (Å²) in [7, 11) is 0. The number of aryl methyl sites for hydroxylation is 1. The van der Waals surface area contributed by atoms with Crippen molar-refractivity contribution < 1.29 is 8.78 Å². The zero-order valence-electron chi connectivity index (χ0n) is 12.1. The second-order valence-corrected chi connectivity index (χ2v) is 5.85. The van der Waals surface area contributed by atoms with Gasteiger partial charge >= 0.3 is 0 Å². The predicted octanol–water partition coefficient (Wildman–Crippen LogP) is 5.12. The summed E-state index contributed by atoms with van der Waals surface area (Å²) in [5.41, 5.74) is 1.96. The fourth-order valence-corrected chi connectivity index (χ4v) is 2.72. The van der Waals surface area contributed by atoms with Crippen LogP contribution in [0.5, 0.6) is 0 Å². The van der Waals surface area contributed by atoms with Gasteiger partial charge in [0.05, 0.1) is 10.5 Å². The average Bonchev–Trinajstić information content (AvgIpc) is 2.47. The lowest BCUT2D eigenvalue weighted by Gasteiger charge is -2.23. The van der Waals surface area contributed by atoms with E-state index in [-0.39, 0.29) is 10.0 Å². The molecule has 2 aromatic carbocycles. The minimum absolute atomic E-state index is 0.0622. The Morgan fingerprint density at radius 3 is 2.52 bits per heavy atom. The first kappa shape index (κ1) is 16.1. The molecule has 0 aliphatic carbocycles. The van der Waals surface area contributed by atoms with Crippen molar-refractivity contribution in [3.05, 3.63) is 69.2 Å². The van der Waals surface area contributed by atoms with Crippen LogP contribution >= 0.6 is 15.9 Å². The van der Waals surface area contributed by atoms with Gasteiger partial charge in [0.1, 0.15) is 11.6 Å². The third-order valence-corrected chi connectivity index (χ3v) is 4.08. The number of benzene rings is 2. The van der Waals surface area contributed by atoms with Crippen molar-refractivity contribution in [3.8, 4) is 0 Å². The van der Waals surface area contributed by atoms with Crippen LogP contribution in [0, 0.1) is 18.6 Å². The Balaban J connectivity index is 2.56. The first-order valence-electron chi connectivity index (χ1n) is 6.98. The lowest BCUT2D eigenvalue weighted by atomic mass is 9.94. The van der Waals surface area contributed by atoms with E-state index in [1.807, 2.05) is 38.1 Å². The molecule has 1 nitrogen and oxygen atoms in total. The van der Waals surface area contributed by atoms with Gasteiger partial charge in [-0.2, -0.15) is 0 Å². The Labute approximate surface area is 132 Å². The van der Waals surface area contributed by atoms with Crippen LogP contribution in [0.2, 0.25) is 0 Å². The summed E-state index contributed by atoms with van der Waals surface area (Å²) in [5, 5.41) is 3.25. The van der Waals surface area contributed by atoms with Crippen molar-refractivity contribution >= 4 is 15.9 Å². The Morgan fingerprint density at radius 2 is 1.86 bits per heavy atom. The van der Waals surface area contributed by atoms with Crippen LogP contribution < -0.4 is 5.32 Å². The fourth-order valence-electron chi connectivity index (χ4n) is 2.37. The molecular weight excluding hydrogens is 336 g/mol. The van der Waals surface area contributed by atoms with E-state index in [2.05, 4.69) is 21.2 Å². The molecule has 0 saturated heterocycles. The van der Waals surface area contributed by atoms with E-state index in [4.69, 9.17) is 0 Å². The normalized spacial score (nSPS) is 12.4. The molecule has 0 amide bonds. The summed E-state index contributed by atoms with van der Waals surface area (Å²) in [6.45, 7) is 4.66. The van der Waals surface area contributed by atoms with Gasteiger partial charge < -0.3 is 5.32 Å². The fraction of sp³-hybridized carbons (Fsp3) is 0.294. The third kappa shape index (κ3) is 3.50. The van der Waals surface area contributed by atoms with E-state index in [1.165, 1.54) is 12.1 Å². The first-order valence-corrected chi connectivity index (χ1v) is 7.77. The molecule has 0 fully saturated rings. The third-order valence-electron chi connectivity index (χ3n) is 3.47. The van der Waals surface area contributed by atoms with Crippen molar-refractivity contribution in [1.82, 2.24) is 5.32 Å². The molecule has 1 unspecified atom stereocenters. The van der Waals surface area contributed by atoms with Gasteiger partial charge in [-0.3, -0.25) is 0 Å². The molecule has 4 heteroatoms. The second kappa shape index (κ2) is 7.14. The van der Waals surface area contributed by atoms with Gasteiger partial charge in [0, 0.05) is 5.56 Å². The van der Waals surface area contributed by atoms with Crippen molar-refractivity contribution in [2.45, 2.75) is 26.3 Å². The van der Waals surface area contributed by atoms with Gasteiger partial charge in [0.25, 0.3) is 0 Å². The highest BCUT2D eigenvalue weighted by Gasteiger charge is 2.24. The summed E-state index contributed by atoms with van der Waals surface area (Å²) >= 11 is 3.14. The van der Waals surface area contributed by atoms with E-state index in [0.717, 1.165) is 17.5 Å². The predicted molar refractivity (Wildman–Crippen MR) is 85.4 cm³/mol. The maximum Gasteiger partial charge on any atom is 0.145 e. The maximum atomic E-state index is 14.4. The molecule has 21 heavy (non-hydrogen) atoms. The van der Waals surface area contributed by atoms with E-state index in [9.17, 15) is 8.78 Å². The summed E-state index contributed by atoms with van der Waals surface area (Å²) in [6, 6.07) is 9.85. The minimum Gasteiger partial charge on any atom is -0.306 e. The molecule has 112 valence electrons. The molecule has 0 spiro atoms. The van der Waals surface area contributed by atoms with Crippen LogP contribution in [0.1, 0.15) is 36.1 Å². The highest BCUT2D eigenvalue weighted by atomic mass is 79.9. The zero-order chi connectivity index (χ0) is 15.4. The summed E-state index contributed by atoms with van der Waals surface area (Å²) < 4.78 is 28.9. The van der Waals surface area contributed by atoms with Crippen molar-refractivity contribution in [2.24, 2.45) is 0 Å². The number of rotatable bonds is 5. The molecule has 1 atom stereocenters. The molecule has 0 aromatic heterocycles. The minimum atomic E-state index is -0.549. The summed E-state index contributed by atoms with van der Waals surface area (Å²) in [4.78, 5) is 0. The van der Waals surface area contributed by atoms with Crippen LogP contribution in [0.4, 0.5) is 8.78 Å². The number of hydrogen-bond acceptors (Lipinski definition) is 1. The quantitative estimate of drug-likeness (QED) is 0.735. The molecule has 0 aliphatic heterocycles. The molecule has 0 bridgehead atoms. The largest absolute Gasteiger partial charge is 0.306 e. The Morgan fingerprint density at radius 1 is 1.14 bits per heavy atom. The molecule has 0 aliphatic rings. The second-order valence-electron chi connectivity index (χ2n) is 5.00. The van der Waals surface area contributed by atoms with Crippen LogP contribution in [-0.4, -0.2) is 6.54 Å². The van der Waals surface area contributed by atoms with Gasteiger partial charge in [-0.15, -0.1) is 0 Å². The van der Waals surface area contributed by atoms with Gasteiger partial charge in [0.15, 0.2) is 0 Å². The van der Waals surface area contributed by atoms with Gasteiger partial charge in [0.2, 0.25) is 0 Å². The summed E-state index contributed by atoms with van der Waals surface area (Å²) in [5.74, 6) is -1.08. The lowest BCUT2D eigenvalue weighted by molar-refractivity contribution is 0.499. The maximum absolute atomic E-state index is 14.4. The highest BCUT2D eigenvalue weighted by molar-refractivity contribution is 9.10. The number of nitrogens with one attached hydrogen (secondary N) is 1. The van der Waals surface area contributed by atoms with Crippen LogP contribution in [0.15, 0.2) is 40.9 Å². The van der Waals surface area contributed by atoms with Gasteiger partial charge in [-0.25, -0.2) is 8.78 Å². The Kier molecular flexibility index (Phi) is 5.48. The van der Waals surface area contributed by atoms with Crippen LogP contribution in [-0.2, 0) is 0 Å².